The third-order valence-corrected chi connectivity index (χ3v) is 7.53. The Bertz CT molecular complexity index is 1370. The van der Waals surface area contributed by atoms with Crippen LogP contribution in [0.3, 0.4) is 0 Å². The molecule has 184 valence electrons. The molecule has 4 atom stereocenters. The molecule has 1 amide bonds. The molecule has 10 nitrogen and oxygen atoms in total. The van der Waals surface area contributed by atoms with E-state index < -0.39 is 17.6 Å². The molecule has 1 N–H and O–H groups in total. The van der Waals surface area contributed by atoms with Crippen LogP contribution in [0.5, 0.6) is 0 Å². The van der Waals surface area contributed by atoms with Crippen molar-refractivity contribution in [3.05, 3.63) is 62.6 Å². The molecule has 4 aliphatic rings. The SMILES string of the molecule is CCC(C)[C@@H](C(=O)N1C[C@H]2C[C@@H](C1)c1cccc(=O)n1C2)n1cc(C(=O)OC)c2n[nH]c(=O)c-2c1. The fourth-order valence-corrected chi connectivity index (χ4v) is 5.63. The van der Waals surface area contributed by atoms with Crippen molar-refractivity contribution in [3.63, 3.8) is 0 Å². The van der Waals surface area contributed by atoms with E-state index in [2.05, 4.69) is 10.2 Å². The molecule has 0 radical (unpaired) electrons. The first-order valence-electron chi connectivity index (χ1n) is 12.0. The van der Waals surface area contributed by atoms with Crippen LogP contribution < -0.4 is 11.1 Å². The molecule has 1 fully saturated rings. The molecule has 1 aromatic rings. The van der Waals surface area contributed by atoms with Gasteiger partial charge in [-0.15, -0.1) is 0 Å². The Morgan fingerprint density at radius 3 is 2.74 bits per heavy atom. The minimum atomic E-state index is -0.624. The molecule has 2 bridgehead atoms. The highest BCUT2D eigenvalue weighted by atomic mass is 16.5. The summed E-state index contributed by atoms with van der Waals surface area (Å²) < 4.78 is 8.43. The maximum absolute atomic E-state index is 14.0. The summed E-state index contributed by atoms with van der Waals surface area (Å²) in [6, 6.07) is 4.72. The fourth-order valence-electron chi connectivity index (χ4n) is 5.63. The zero-order chi connectivity index (χ0) is 24.9. The predicted octanol–water partition coefficient (Wildman–Crippen LogP) is 1.86. The van der Waals surface area contributed by atoms with E-state index in [1.54, 1.807) is 29.1 Å². The van der Waals surface area contributed by atoms with Gasteiger partial charge < -0.3 is 18.8 Å². The molecule has 35 heavy (non-hydrogen) atoms. The first-order chi connectivity index (χ1) is 16.8. The summed E-state index contributed by atoms with van der Waals surface area (Å²) in [6.07, 6.45) is 4.83. The number of esters is 1. The molecular formula is C25H29N5O5. The summed E-state index contributed by atoms with van der Waals surface area (Å²) in [6.45, 7) is 5.69. The number of methoxy groups -OCH3 is 1. The van der Waals surface area contributed by atoms with E-state index in [0.717, 1.165) is 18.5 Å². The first-order valence-corrected chi connectivity index (χ1v) is 12.0. The lowest BCUT2D eigenvalue weighted by molar-refractivity contribution is -0.139. The van der Waals surface area contributed by atoms with Gasteiger partial charge in [-0.05, 0) is 24.3 Å². The van der Waals surface area contributed by atoms with Crippen molar-refractivity contribution in [2.45, 2.75) is 45.2 Å². The van der Waals surface area contributed by atoms with Gasteiger partial charge in [0.2, 0.25) is 5.91 Å². The van der Waals surface area contributed by atoms with Crippen LogP contribution in [0.1, 0.15) is 54.7 Å². The first kappa shape index (κ1) is 23.1. The fraction of sp³-hybridized carbons (Fsp3) is 0.480. The number of H-pyrrole nitrogens is 1. The lowest BCUT2D eigenvalue weighted by Crippen LogP contribution is -2.51. The zero-order valence-corrected chi connectivity index (χ0v) is 20.1. The van der Waals surface area contributed by atoms with Crippen molar-refractivity contribution < 1.29 is 14.3 Å². The molecule has 0 spiro atoms. The Labute approximate surface area is 201 Å². The van der Waals surface area contributed by atoms with Gasteiger partial charge in [-0.2, -0.15) is 5.10 Å². The van der Waals surface area contributed by atoms with Gasteiger partial charge in [0, 0.05) is 49.7 Å². The topological polar surface area (TPSA) is 119 Å². The van der Waals surface area contributed by atoms with E-state index in [9.17, 15) is 19.2 Å². The van der Waals surface area contributed by atoms with Gasteiger partial charge in [-0.3, -0.25) is 14.4 Å². The number of nitrogens with one attached hydrogen (secondary N) is 1. The summed E-state index contributed by atoms with van der Waals surface area (Å²) in [7, 11) is 1.27. The number of pyridine rings is 2. The van der Waals surface area contributed by atoms with Crippen LogP contribution in [0.2, 0.25) is 0 Å². The van der Waals surface area contributed by atoms with Gasteiger partial charge in [-0.25, -0.2) is 9.89 Å². The molecule has 0 saturated carbocycles. The van der Waals surface area contributed by atoms with E-state index in [4.69, 9.17) is 4.74 Å². The normalized spacial score (nSPS) is 20.8. The Kier molecular flexibility index (Phi) is 5.82. The summed E-state index contributed by atoms with van der Waals surface area (Å²) in [5, 5.41) is 6.37. The van der Waals surface area contributed by atoms with Crippen molar-refractivity contribution in [1.82, 2.24) is 24.2 Å². The van der Waals surface area contributed by atoms with Crippen LogP contribution in [0.15, 0.2) is 40.2 Å². The Balaban J connectivity index is 1.54. The van der Waals surface area contributed by atoms with Gasteiger partial charge in [0.15, 0.2) is 0 Å². The van der Waals surface area contributed by atoms with Crippen LogP contribution in [0, 0.1) is 11.8 Å². The molecule has 0 aromatic carbocycles. The van der Waals surface area contributed by atoms with E-state index >= 15 is 0 Å². The van der Waals surface area contributed by atoms with Crippen molar-refractivity contribution in [1.29, 1.82) is 0 Å². The number of fused-ring (bicyclic) bond motifs is 5. The van der Waals surface area contributed by atoms with Gasteiger partial charge in [0.1, 0.15) is 17.3 Å². The van der Waals surface area contributed by atoms with Crippen LogP contribution in [-0.2, 0) is 16.1 Å². The summed E-state index contributed by atoms with van der Waals surface area (Å²) in [5.74, 6) is -0.451. The molecule has 4 aliphatic heterocycles. The second-order valence-electron chi connectivity index (χ2n) is 9.70. The lowest BCUT2D eigenvalue weighted by Gasteiger charge is -2.44. The number of nitrogens with zero attached hydrogens (tertiary/aromatic N) is 4. The largest absolute Gasteiger partial charge is 0.465 e. The monoisotopic (exact) mass is 479 g/mol. The highest BCUT2D eigenvalue weighted by Crippen LogP contribution is 2.37. The number of aromatic amines is 1. The minimum absolute atomic E-state index is 0.00202. The lowest BCUT2D eigenvalue weighted by atomic mass is 9.82. The van der Waals surface area contributed by atoms with Gasteiger partial charge in [0.25, 0.3) is 11.1 Å². The molecule has 0 aliphatic carbocycles. The van der Waals surface area contributed by atoms with E-state index in [0.29, 0.717) is 19.6 Å². The number of carbonyl (C=O) groups is 2. The van der Waals surface area contributed by atoms with E-state index in [-0.39, 0.29) is 46.0 Å². The third-order valence-electron chi connectivity index (χ3n) is 7.53. The highest BCUT2D eigenvalue weighted by Gasteiger charge is 2.40. The maximum Gasteiger partial charge on any atom is 0.341 e. The average molecular weight is 480 g/mol. The molecule has 1 aromatic heterocycles. The smallest absolute Gasteiger partial charge is 0.341 e. The molecular weight excluding hydrogens is 450 g/mol. The maximum atomic E-state index is 14.0. The molecule has 1 saturated heterocycles. The van der Waals surface area contributed by atoms with Crippen LogP contribution in [0.4, 0.5) is 0 Å². The summed E-state index contributed by atoms with van der Waals surface area (Å²) in [4.78, 5) is 53.2. The number of hydrogen-bond donors (Lipinski definition) is 1. The van der Waals surface area contributed by atoms with Crippen molar-refractivity contribution in [2.75, 3.05) is 20.2 Å². The number of ether oxygens (including phenoxy) is 1. The summed E-state index contributed by atoms with van der Waals surface area (Å²) >= 11 is 0. The van der Waals surface area contributed by atoms with Gasteiger partial charge in [-0.1, -0.05) is 26.3 Å². The second kappa shape index (κ2) is 8.83. The highest BCUT2D eigenvalue weighted by molar-refractivity contribution is 5.96. The van der Waals surface area contributed by atoms with E-state index in [1.807, 2.05) is 29.4 Å². The average Bonchev–Trinajstić information content (AvgIpc) is 3.24. The zero-order valence-electron chi connectivity index (χ0n) is 20.1. The van der Waals surface area contributed by atoms with Crippen LogP contribution in [0.25, 0.3) is 11.3 Å². The summed E-state index contributed by atoms with van der Waals surface area (Å²) in [5.41, 5.74) is 1.14. The van der Waals surface area contributed by atoms with Crippen LogP contribution >= 0.6 is 0 Å². The minimum Gasteiger partial charge on any atom is -0.465 e. The number of piperidine rings is 1. The molecule has 5 rings (SSSR count). The molecule has 5 heterocycles. The predicted molar refractivity (Wildman–Crippen MR) is 127 cm³/mol. The van der Waals surface area contributed by atoms with Gasteiger partial charge in [0.05, 0.1) is 12.7 Å². The van der Waals surface area contributed by atoms with Crippen molar-refractivity contribution >= 4 is 11.9 Å². The second-order valence-corrected chi connectivity index (χ2v) is 9.70. The molecule has 10 heteroatoms. The Morgan fingerprint density at radius 1 is 1.20 bits per heavy atom. The number of amides is 1. The number of aromatic nitrogens is 4. The van der Waals surface area contributed by atoms with E-state index in [1.165, 1.54) is 7.11 Å². The van der Waals surface area contributed by atoms with Gasteiger partial charge >= 0.3 is 5.97 Å². The number of hydrogen-bond acceptors (Lipinski definition) is 6. The standard InChI is InChI=1S/C25H29N5O5/c1-4-14(2)22(28-12-17-21(26-27-23(17)32)18(13-28)25(34)35-3)24(33)29-9-15-8-16(11-29)19-6-5-7-20(31)30(19)10-15/h5-7,12-16,22H,4,8-11H2,1-3H3,(H,27,32)/t14?,15-,16+,22+/m1/s1. The van der Waals surface area contributed by atoms with Crippen molar-refractivity contribution in [3.8, 4) is 11.3 Å². The number of carbonyl (C=O) groups excluding carboxylic acids is 2. The Morgan fingerprint density at radius 2 is 2.00 bits per heavy atom. The third kappa shape index (κ3) is 3.86. The Hall–Kier alpha value is -3.69. The quantitative estimate of drug-likeness (QED) is 0.558. The van der Waals surface area contributed by atoms with Crippen LogP contribution in [-0.4, -0.2) is 56.3 Å². The number of likely N-dealkylation sites (tertiary alicyclic amines) is 1. The number of rotatable bonds is 5. The molecule has 1 unspecified atom stereocenters. The van der Waals surface area contributed by atoms with Crippen molar-refractivity contribution in [2.24, 2.45) is 11.8 Å².